The fourth-order valence-electron chi connectivity index (χ4n) is 2.33. The van der Waals surface area contributed by atoms with E-state index in [2.05, 4.69) is 15.9 Å². The lowest BCUT2D eigenvalue weighted by molar-refractivity contribution is 0.108. The minimum absolute atomic E-state index is 0.0254. The molecule has 1 aliphatic carbocycles. The van der Waals surface area contributed by atoms with Crippen LogP contribution in [0.5, 0.6) is 11.5 Å². The molecule has 1 saturated carbocycles. The van der Waals surface area contributed by atoms with E-state index in [0.29, 0.717) is 11.5 Å². The molecule has 0 heterocycles. The van der Waals surface area contributed by atoms with Gasteiger partial charge in [-0.25, -0.2) is 0 Å². The summed E-state index contributed by atoms with van der Waals surface area (Å²) in [5.41, 5.74) is 0.363. The lowest BCUT2D eigenvalue weighted by Gasteiger charge is -2.20. The maximum absolute atomic E-state index is 12.3. The molecule has 25 heavy (non-hydrogen) atoms. The molecule has 0 bridgehead atoms. The average molecular weight is 427 g/mol. The lowest BCUT2D eigenvalue weighted by Crippen LogP contribution is -2.27. The number of benzene rings is 2. The molecule has 1 aliphatic rings. The van der Waals surface area contributed by atoms with Gasteiger partial charge in [0.05, 0.1) is 12.0 Å². The molecule has 1 fully saturated rings. The van der Waals surface area contributed by atoms with Crippen LogP contribution in [0.3, 0.4) is 0 Å². The van der Waals surface area contributed by atoms with Crippen LogP contribution in [0.15, 0.2) is 51.8 Å². The van der Waals surface area contributed by atoms with Crippen LogP contribution in [0.4, 0.5) is 0 Å². The van der Waals surface area contributed by atoms with E-state index in [0.717, 1.165) is 22.9 Å². The number of halogens is 1. The number of aryl methyl sites for hydroxylation is 1. The third-order valence-electron chi connectivity index (χ3n) is 4.05. The second-order valence-electron chi connectivity index (χ2n) is 6.11. The van der Waals surface area contributed by atoms with Gasteiger partial charge in [0.15, 0.2) is 11.5 Å². The summed E-state index contributed by atoms with van der Waals surface area (Å²) in [6.07, 6.45) is 1.46. The van der Waals surface area contributed by atoms with Crippen molar-refractivity contribution >= 4 is 26.0 Å². The second kappa shape index (κ2) is 6.97. The number of hydrogen-bond donors (Lipinski definition) is 0. The Kier molecular flexibility index (Phi) is 5.09. The summed E-state index contributed by atoms with van der Waals surface area (Å²) in [6, 6.07) is 12.0. The molecule has 0 amide bonds. The van der Waals surface area contributed by atoms with E-state index >= 15 is 0 Å². The Morgan fingerprint density at radius 2 is 1.76 bits per heavy atom. The van der Waals surface area contributed by atoms with Gasteiger partial charge in [-0.3, -0.25) is 4.18 Å². The van der Waals surface area contributed by atoms with Gasteiger partial charge in [-0.2, -0.15) is 8.42 Å². The van der Waals surface area contributed by atoms with Gasteiger partial charge in [0.2, 0.25) is 0 Å². The number of methoxy groups -OCH3 is 1. The largest absolute Gasteiger partial charge is 0.493 e. The van der Waals surface area contributed by atoms with E-state index in [1.165, 1.54) is 0 Å². The monoisotopic (exact) mass is 426 g/mol. The van der Waals surface area contributed by atoms with Crippen LogP contribution < -0.4 is 9.47 Å². The van der Waals surface area contributed by atoms with Crippen molar-refractivity contribution in [3.63, 3.8) is 0 Å². The van der Waals surface area contributed by atoms with Crippen molar-refractivity contribution in [3.05, 3.63) is 52.5 Å². The maximum atomic E-state index is 12.3. The predicted molar refractivity (Wildman–Crippen MR) is 97.6 cm³/mol. The number of ether oxygens (including phenoxy) is 2. The molecule has 134 valence electrons. The van der Waals surface area contributed by atoms with E-state index in [4.69, 9.17) is 13.7 Å². The zero-order valence-electron chi connectivity index (χ0n) is 14.0. The van der Waals surface area contributed by atoms with Gasteiger partial charge in [-0.1, -0.05) is 33.6 Å². The minimum atomic E-state index is -3.80. The van der Waals surface area contributed by atoms with Crippen molar-refractivity contribution in [2.75, 3.05) is 13.7 Å². The quantitative estimate of drug-likeness (QED) is 0.624. The summed E-state index contributed by atoms with van der Waals surface area (Å²) in [6.45, 7) is 1.87. The molecular weight excluding hydrogens is 408 g/mol. The average Bonchev–Trinajstić information content (AvgIpc) is 3.35. The molecule has 0 unspecified atom stereocenters. The van der Waals surface area contributed by atoms with E-state index in [9.17, 15) is 8.42 Å². The Balaban J connectivity index is 1.70. The Labute approximate surface area is 156 Å². The summed E-state index contributed by atoms with van der Waals surface area (Å²) >= 11 is 3.38. The zero-order chi connectivity index (χ0) is 18.1. The Morgan fingerprint density at radius 1 is 1.08 bits per heavy atom. The summed E-state index contributed by atoms with van der Waals surface area (Å²) in [4.78, 5) is 0.148. The van der Waals surface area contributed by atoms with Crippen molar-refractivity contribution in [2.45, 2.75) is 30.3 Å². The Bertz CT molecular complexity index is 858. The Hall–Kier alpha value is -1.57. The molecule has 0 spiro atoms. The summed E-state index contributed by atoms with van der Waals surface area (Å²) < 4.78 is 42.1. The Morgan fingerprint density at radius 3 is 2.36 bits per heavy atom. The summed E-state index contributed by atoms with van der Waals surface area (Å²) in [5.74, 6) is 1.15. The van der Waals surface area contributed by atoms with E-state index in [1.54, 1.807) is 43.5 Å². The minimum Gasteiger partial charge on any atom is -0.493 e. The van der Waals surface area contributed by atoms with Crippen LogP contribution in [0.2, 0.25) is 0 Å². The van der Waals surface area contributed by atoms with Gasteiger partial charge in [0, 0.05) is 4.47 Å². The first-order valence-corrected chi connectivity index (χ1v) is 10.0. The highest BCUT2D eigenvalue weighted by Gasteiger charge is 2.47. The third kappa shape index (κ3) is 4.34. The molecule has 0 aromatic heterocycles. The van der Waals surface area contributed by atoms with Crippen molar-refractivity contribution in [3.8, 4) is 11.5 Å². The highest BCUT2D eigenvalue weighted by Crippen LogP contribution is 2.44. The molecule has 3 rings (SSSR count). The van der Waals surface area contributed by atoms with Crippen LogP contribution in [0.25, 0.3) is 0 Å². The van der Waals surface area contributed by atoms with Crippen molar-refractivity contribution in [1.29, 1.82) is 0 Å². The first-order chi connectivity index (χ1) is 11.8. The van der Waals surface area contributed by atoms with Gasteiger partial charge >= 0.3 is 0 Å². The lowest BCUT2D eigenvalue weighted by atomic mass is 10.2. The number of hydrogen-bond acceptors (Lipinski definition) is 5. The SMILES string of the molecule is COc1cc(Br)ccc1OC1(COS(=O)(=O)c2ccc(C)cc2)CC1. The predicted octanol–water partition coefficient (Wildman–Crippen LogP) is 4.08. The molecule has 5 nitrogen and oxygen atoms in total. The van der Waals surface area contributed by atoms with E-state index in [-0.39, 0.29) is 11.5 Å². The van der Waals surface area contributed by atoms with Crippen LogP contribution in [0, 0.1) is 6.92 Å². The van der Waals surface area contributed by atoms with Crippen LogP contribution in [-0.2, 0) is 14.3 Å². The molecule has 0 saturated heterocycles. The van der Waals surface area contributed by atoms with Crippen LogP contribution in [0.1, 0.15) is 18.4 Å². The van der Waals surface area contributed by atoms with Gasteiger partial charge in [0.1, 0.15) is 12.2 Å². The number of rotatable bonds is 7. The highest BCUT2D eigenvalue weighted by molar-refractivity contribution is 9.10. The molecule has 0 radical (unpaired) electrons. The van der Waals surface area contributed by atoms with Gasteiger partial charge in [-0.05, 0) is 50.1 Å². The fourth-order valence-corrected chi connectivity index (χ4v) is 3.65. The molecule has 2 aromatic carbocycles. The first-order valence-electron chi connectivity index (χ1n) is 7.82. The van der Waals surface area contributed by atoms with Crippen LogP contribution in [-0.4, -0.2) is 27.7 Å². The second-order valence-corrected chi connectivity index (χ2v) is 8.64. The molecule has 0 aliphatic heterocycles. The summed E-state index contributed by atoms with van der Waals surface area (Å²) in [7, 11) is -2.24. The van der Waals surface area contributed by atoms with E-state index in [1.807, 2.05) is 13.0 Å². The molecule has 2 aromatic rings. The van der Waals surface area contributed by atoms with Crippen molar-refractivity contribution < 1.29 is 22.1 Å². The standard InChI is InChI=1S/C18H19BrO5S/c1-13-3-6-15(7-4-13)25(20,21)23-12-18(9-10-18)24-16-8-5-14(19)11-17(16)22-2/h3-8,11H,9-10,12H2,1-2H3. The van der Waals surface area contributed by atoms with Crippen molar-refractivity contribution in [2.24, 2.45) is 0 Å². The molecular formula is C18H19BrO5S. The molecule has 0 atom stereocenters. The van der Waals surface area contributed by atoms with Crippen molar-refractivity contribution in [1.82, 2.24) is 0 Å². The maximum Gasteiger partial charge on any atom is 0.297 e. The third-order valence-corrected chi connectivity index (χ3v) is 5.82. The van der Waals surface area contributed by atoms with Gasteiger partial charge in [0.25, 0.3) is 10.1 Å². The fraction of sp³-hybridized carbons (Fsp3) is 0.333. The van der Waals surface area contributed by atoms with Gasteiger partial charge < -0.3 is 9.47 Å². The van der Waals surface area contributed by atoms with Crippen LogP contribution >= 0.6 is 15.9 Å². The first kappa shape index (κ1) is 18.2. The zero-order valence-corrected chi connectivity index (χ0v) is 16.4. The highest BCUT2D eigenvalue weighted by atomic mass is 79.9. The molecule has 7 heteroatoms. The van der Waals surface area contributed by atoms with Gasteiger partial charge in [-0.15, -0.1) is 0 Å². The smallest absolute Gasteiger partial charge is 0.297 e. The normalized spacial score (nSPS) is 15.6. The molecule has 0 N–H and O–H groups in total. The topological polar surface area (TPSA) is 61.8 Å². The van der Waals surface area contributed by atoms with E-state index < -0.39 is 15.7 Å². The summed E-state index contributed by atoms with van der Waals surface area (Å²) in [5, 5.41) is 0.